The minimum atomic E-state index is -0.243. The standard InChI is InChI=1S/C21H24N4O2/c1-13-8-10-14(11-9-13)25-16-7-5-6-15(16)19(23-25)20(26)22-18-12-17(27-24-18)21(2,3)4/h8-12H,5-7H2,1-4H3,(H,22,24,26). The van der Waals surface area contributed by atoms with Crippen LogP contribution in [0.5, 0.6) is 0 Å². The molecule has 1 aromatic carbocycles. The van der Waals surface area contributed by atoms with Gasteiger partial charge in [-0.3, -0.25) is 4.79 Å². The van der Waals surface area contributed by atoms with Crippen molar-refractivity contribution in [2.45, 2.75) is 52.4 Å². The van der Waals surface area contributed by atoms with Crippen LogP contribution >= 0.6 is 0 Å². The maximum atomic E-state index is 12.9. The van der Waals surface area contributed by atoms with Gasteiger partial charge in [-0.05, 0) is 38.3 Å². The van der Waals surface area contributed by atoms with Gasteiger partial charge in [0.1, 0.15) is 5.76 Å². The molecule has 0 saturated heterocycles. The van der Waals surface area contributed by atoms with Crippen LogP contribution in [0.3, 0.4) is 0 Å². The Labute approximate surface area is 158 Å². The monoisotopic (exact) mass is 364 g/mol. The molecule has 0 bridgehead atoms. The molecule has 2 aromatic heterocycles. The molecule has 1 aliphatic rings. The number of hydrogen-bond acceptors (Lipinski definition) is 4. The summed E-state index contributed by atoms with van der Waals surface area (Å²) in [5.41, 5.74) is 4.65. The number of anilines is 1. The summed E-state index contributed by atoms with van der Waals surface area (Å²) in [6.45, 7) is 8.17. The molecule has 1 amide bonds. The SMILES string of the molecule is Cc1ccc(-n2nc(C(=O)Nc3cc(C(C)(C)C)on3)c3c2CCC3)cc1. The highest BCUT2D eigenvalue weighted by Crippen LogP contribution is 2.29. The minimum Gasteiger partial charge on any atom is -0.359 e. The Kier molecular flexibility index (Phi) is 4.13. The highest BCUT2D eigenvalue weighted by molar-refractivity contribution is 6.03. The third kappa shape index (κ3) is 3.27. The lowest BCUT2D eigenvalue weighted by molar-refractivity contribution is 0.102. The van der Waals surface area contributed by atoms with Gasteiger partial charge in [-0.1, -0.05) is 43.6 Å². The predicted octanol–water partition coefficient (Wildman–Crippen LogP) is 4.21. The molecule has 0 unspecified atom stereocenters. The number of amides is 1. The van der Waals surface area contributed by atoms with Crippen molar-refractivity contribution in [1.29, 1.82) is 0 Å². The minimum absolute atomic E-state index is 0.162. The van der Waals surface area contributed by atoms with E-state index in [1.165, 1.54) is 5.56 Å². The van der Waals surface area contributed by atoms with Crippen LogP contribution in [-0.2, 0) is 18.3 Å². The smallest absolute Gasteiger partial charge is 0.277 e. The van der Waals surface area contributed by atoms with Crippen molar-refractivity contribution in [3.05, 3.63) is 58.6 Å². The van der Waals surface area contributed by atoms with E-state index in [1.54, 1.807) is 6.07 Å². The van der Waals surface area contributed by atoms with Crippen LogP contribution in [0.1, 0.15) is 60.3 Å². The topological polar surface area (TPSA) is 73.0 Å². The van der Waals surface area contributed by atoms with E-state index >= 15 is 0 Å². The van der Waals surface area contributed by atoms with Crippen LogP contribution in [-0.4, -0.2) is 20.8 Å². The Morgan fingerprint density at radius 3 is 2.59 bits per heavy atom. The number of benzene rings is 1. The first-order valence-corrected chi connectivity index (χ1v) is 9.29. The van der Waals surface area contributed by atoms with E-state index in [4.69, 9.17) is 4.52 Å². The molecular weight excluding hydrogens is 340 g/mol. The van der Waals surface area contributed by atoms with Gasteiger partial charge in [0.25, 0.3) is 5.91 Å². The highest BCUT2D eigenvalue weighted by atomic mass is 16.5. The maximum absolute atomic E-state index is 12.9. The first kappa shape index (κ1) is 17.5. The molecular formula is C21H24N4O2. The van der Waals surface area contributed by atoms with Crippen molar-refractivity contribution in [2.24, 2.45) is 0 Å². The zero-order valence-electron chi connectivity index (χ0n) is 16.2. The summed E-state index contributed by atoms with van der Waals surface area (Å²) in [5.74, 6) is 0.905. The second kappa shape index (κ2) is 6.37. The first-order valence-electron chi connectivity index (χ1n) is 9.29. The molecule has 0 atom stereocenters. The fourth-order valence-electron chi connectivity index (χ4n) is 3.38. The fourth-order valence-corrected chi connectivity index (χ4v) is 3.38. The van der Waals surface area contributed by atoms with Crippen LogP contribution < -0.4 is 5.32 Å². The molecule has 140 valence electrons. The van der Waals surface area contributed by atoms with Crippen LogP contribution in [0, 0.1) is 6.92 Å². The van der Waals surface area contributed by atoms with Gasteiger partial charge >= 0.3 is 0 Å². The van der Waals surface area contributed by atoms with Crippen molar-refractivity contribution >= 4 is 11.7 Å². The summed E-state index contributed by atoms with van der Waals surface area (Å²) in [4.78, 5) is 12.9. The average Bonchev–Trinajstić information content (AvgIpc) is 3.30. The molecule has 2 heterocycles. The summed E-state index contributed by atoms with van der Waals surface area (Å²) in [6, 6.07) is 9.96. The number of nitrogens with zero attached hydrogens (tertiary/aromatic N) is 3. The van der Waals surface area contributed by atoms with E-state index in [0.29, 0.717) is 11.5 Å². The number of nitrogens with one attached hydrogen (secondary N) is 1. The fraction of sp³-hybridized carbons (Fsp3) is 0.381. The van der Waals surface area contributed by atoms with E-state index in [9.17, 15) is 4.79 Å². The van der Waals surface area contributed by atoms with Gasteiger partial charge < -0.3 is 9.84 Å². The van der Waals surface area contributed by atoms with Crippen LogP contribution in [0.2, 0.25) is 0 Å². The lowest BCUT2D eigenvalue weighted by atomic mass is 9.93. The van der Waals surface area contributed by atoms with Gasteiger partial charge in [0, 0.05) is 22.7 Å². The number of aromatic nitrogens is 3. The number of aryl methyl sites for hydroxylation is 1. The maximum Gasteiger partial charge on any atom is 0.277 e. The van der Waals surface area contributed by atoms with E-state index in [2.05, 4.69) is 34.6 Å². The summed E-state index contributed by atoms with van der Waals surface area (Å²) in [5, 5.41) is 11.4. The molecule has 6 heteroatoms. The number of fused-ring (bicyclic) bond motifs is 1. The first-order chi connectivity index (χ1) is 12.8. The normalized spacial score (nSPS) is 13.6. The van der Waals surface area contributed by atoms with E-state index in [0.717, 1.165) is 42.0 Å². The molecule has 27 heavy (non-hydrogen) atoms. The lowest BCUT2D eigenvalue weighted by Gasteiger charge is -2.11. The van der Waals surface area contributed by atoms with Crippen LogP contribution in [0.25, 0.3) is 5.69 Å². The Bertz CT molecular complexity index is 990. The van der Waals surface area contributed by atoms with Gasteiger partial charge in [0.05, 0.1) is 5.69 Å². The molecule has 0 spiro atoms. The van der Waals surface area contributed by atoms with Crippen molar-refractivity contribution in [1.82, 2.24) is 14.9 Å². The third-order valence-electron chi connectivity index (χ3n) is 4.91. The van der Waals surface area contributed by atoms with Crippen LogP contribution in [0.4, 0.5) is 5.82 Å². The molecule has 1 N–H and O–H groups in total. The molecule has 1 aliphatic carbocycles. The van der Waals surface area contributed by atoms with Crippen molar-refractivity contribution in [3.8, 4) is 5.69 Å². The largest absolute Gasteiger partial charge is 0.359 e. The van der Waals surface area contributed by atoms with Crippen LogP contribution in [0.15, 0.2) is 34.9 Å². The second-order valence-electron chi connectivity index (χ2n) is 8.16. The van der Waals surface area contributed by atoms with Gasteiger partial charge in [-0.25, -0.2) is 4.68 Å². The molecule has 6 nitrogen and oxygen atoms in total. The second-order valence-corrected chi connectivity index (χ2v) is 8.16. The predicted molar refractivity (Wildman–Crippen MR) is 103 cm³/mol. The Balaban J connectivity index is 1.64. The summed E-state index contributed by atoms with van der Waals surface area (Å²) in [7, 11) is 0. The van der Waals surface area contributed by atoms with E-state index in [1.807, 2.05) is 37.6 Å². The number of rotatable bonds is 3. The molecule has 4 rings (SSSR count). The van der Waals surface area contributed by atoms with E-state index in [-0.39, 0.29) is 11.3 Å². The third-order valence-corrected chi connectivity index (χ3v) is 4.91. The average molecular weight is 364 g/mol. The number of hydrogen-bond donors (Lipinski definition) is 1. The zero-order chi connectivity index (χ0) is 19.2. The summed E-state index contributed by atoms with van der Waals surface area (Å²) in [6.07, 6.45) is 2.84. The summed E-state index contributed by atoms with van der Waals surface area (Å²) >= 11 is 0. The molecule has 0 radical (unpaired) electrons. The van der Waals surface area contributed by atoms with Gasteiger partial charge in [-0.15, -0.1) is 0 Å². The zero-order valence-corrected chi connectivity index (χ0v) is 16.2. The number of carbonyl (C=O) groups excluding carboxylic acids is 1. The Morgan fingerprint density at radius 2 is 1.93 bits per heavy atom. The molecule has 0 aliphatic heterocycles. The quantitative estimate of drug-likeness (QED) is 0.756. The van der Waals surface area contributed by atoms with Gasteiger partial charge in [0.2, 0.25) is 0 Å². The summed E-state index contributed by atoms with van der Waals surface area (Å²) < 4.78 is 7.26. The number of carbonyl (C=O) groups is 1. The Hall–Kier alpha value is -2.89. The lowest BCUT2D eigenvalue weighted by Crippen LogP contribution is -2.15. The van der Waals surface area contributed by atoms with Crippen molar-refractivity contribution < 1.29 is 9.32 Å². The highest BCUT2D eigenvalue weighted by Gasteiger charge is 2.28. The molecule has 0 fully saturated rings. The molecule has 0 saturated carbocycles. The van der Waals surface area contributed by atoms with Gasteiger partial charge in [-0.2, -0.15) is 5.10 Å². The molecule has 3 aromatic rings. The van der Waals surface area contributed by atoms with Crippen molar-refractivity contribution in [3.63, 3.8) is 0 Å². The Morgan fingerprint density at radius 1 is 1.19 bits per heavy atom. The van der Waals surface area contributed by atoms with Crippen molar-refractivity contribution in [2.75, 3.05) is 5.32 Å². The van der Waals surface area contributed by atoms with Gasteiger partial charge in [0.15, 0.2) is 11.5 Å². The van der Waals surface area contributed by atoms with E-state index < -0.39 is 0 Å².